The molecule has 1 amide bonds. The summed E-state index contributed by atoms with van der Waals surface area (Å²) in [6.07, 6.45) is 9.38. The molecule has 4 rings (SSSR count). The third kappa shape index (κ3) is 3.52. The lowest BCUT2D eigenvalue weighted by Gasteiger charge is -2.43. The van der Waals surface area contributed by atoms with E-state index in [4.69, 9.17) is 9.47 Å². The van der Waals surface area contributed by atoms with E-state index in [1.807, 2.05) is 4.90 Å². The highest BCUT2D eigenvalue weighted by molar-refractivity contribution is 5.80. The van der Waals surface area contributed by atoms with Gasteiger partial charge in [0.05, 0.1) is 32.9 Å². The first-order valence-electron chi connectivity index (χ1n) is 8.93. The van der Waals surface area contributed by atoms with E-state index in [1.54, 1.807) is 18.5 Å². The van der Waals surface area contributed by atoms with Gasteiger partial charge in [0, 0.05) is 31.4 Å². The van der Waals surface area contributed by atoms with E-state index in [0.29, 0.717) is 45.4 Å². The third-order valence-corrected chi connectivity index (χ3v) is 5.10. The van der Waals surface area contributed by atoms with Crippen molar-refractivity contribution in [2.75, 3.05) is 50.9 Å². The molecule has 1 aromatic heterocycles. The Kier molecular flexibility index (Phi) is 4.67. The summed E-state index contributed by atoms with van der Waals surface area (Å²) in [4.78, 5) is 25.6. The van der Waals surface area contributed by atoms with Crippen molar-refractivity contribution < 1.29 is 14.3 Å². The smallest absolute Gasteiger partial charge is 0.226 e. The van der Waals surface area contributed by atoms with Crippen molar-refractivity contribution in [1.82, 2.24) is 14.9 Å². The largest absolute Gasteiger partial charge is 0.376 e. The van der Waals surface area contributed by atoms with Crippen LogP contribution in [0.4, 0.5) is 5.95 Å². The fourth-order valence-electron chi connectivity index (χ4n) is 3.82. The fourth-order valence-corrected chi connectivity index (χ4v) is 3.82. The van der Waals surface area contributed by atoms with Gasteiger partial charge in [-0.15, -0.1) is 0 Å². The highest BCUT2D eigenvalue weighted by atomic mass is 16.5. The number of nitrogens with zero attached hydrogens (tertiary/aromatic N) is 4. The number of rotatable bonds is 2. The van der Waals surface area contributed by atoms with Crippen molar-refractivity contribution in [3.8, 4) is 0 Å². The molecule has 0 radical (unpaired) electrons. The van der Waals surface area contributed by atoms with Gasteiger partial charge in [0.15, 0.2) is 0 Å². The monoisotopic (exact) mass is 344 g/mol. The van der Waals surface area contributed by atoms with Crippen molar-refractivity contribution in [2.24, 2.45) is 5.92 Å². The Balaban J connectivity index is 1.49. The molecule has 2 fully saturated rings. The minimum atomic E-state index is -0.518. The van der Waals surface area contributed by atoms with Crippen molar-refractivity contribution in [3.63, 3.8) is 0 Å². The van der Waals surface area contributed by atoms with E-state index in [2.05, 4.69) is 27.0 Å². The van der Waals surface area contributed by atoms with E-state index in [9.17, 15) is 4.79 Å². The molecule has 7 nitrogen and oxygen atoms in total. The lowest BCUT2D eigenvalue weighted by atomic mass is 9.99. The molecule has 1 atom stereocenters. The molecule has 25 heavy (non-hydrogen) atoms. The van der Waals surface area contributed by atoms with Crippen LogP contribution in [0.2, 0.25) is 0 Å². The van der Waals surface area contributed by atoms with Crippen LogP contribution in [0.15, 0.2) is 30.6 Å². The quantitative estimate of drug-likeness (QED) is 0.742. The first kappa shape index (κ1) is 16.5. The van der Waals surface area contributed by atoms with Crippen LogP contribution in [-0.4, -0.2) is 72.4 Å². The SMILES string of the molecule is O=C(C1CC=CC1)N1CCOC2(COCCN(c3ncccn3)C2)C1. The standard InChI is InChI=1S/C18H24N4O3/c23-16(15-4-1-2-5-15)21-9-11-25-18(12-21)13-22(8-10-24-14-18)17-19-6-3-7-20-17/h1-3,6-7,15H,4-5,8-14H2. The number of carbonyl (C=O) groups excluding carboxylic acids is 1. The molecular weight excluding hydrogens is 320 g/mol. The number of ether oxygens (including phenoxy) is 2. The molecule has 3 heterocycles. The van der Waals surface area contributed by atoms with Crippen LogP contribution in [0.3, 0.4) is 0 Å². The Hall–Kier alpha value is -1.99. The summed E-state index contributed by atoms with van der Waals surface area (Å²) >= 11 is 0. The van der Waals surface area contributed by atoms with Crippen LogP contribution in [0.25, 0.3) is 0 Å². The Morgan fingerprint density at radius 3 is 2.72 bits per heavy atom. The molecule has 3 aliphatic rings. The van der Waals surface area contributed by atoms with Gasteiger partial charge < -0.3 is 19.3 Å². The maximum atomic E-state index is 12.8. The third-order valence-electron chi connectivity index (χ3n) is 5.10. The zero-order valence-corrected chi connectivity index (χ0v) is 14.3. The summed E-state index contributed by atoms with van der Waals surface area (Å²) in [6, 6.07) is 1.81. The molecule has 0 bridgehead atoms. The normalized spacial score (nSPS) is 27.7. The van der Waals surface area contributed by atoms with E-state index in [1.165, 1.54) is 0 Å². The lowest BCUT2D eigenvalue weighted by Crippen LogP contribution is -2.60. The van der Waals surface area contributed by atoms with Crippen LogP contribution < -0.4 is 4.90 Å². The number of anilines is 1. The zero-order chi connectivity index (χ0) is 17.1. The van der Waals surface area contributed by atoms with Gasteiger partial charge in [-0.3, -0.25) is 4.79 Å². The van der Waals surface area contributed by atoms with Crippen LogP contribution in [0, 0.1) is 5.92 Å². The van der Waals surface area contributed by atoms with Crippen molar-refractivity contribution in [2.45, 2.75) is 18.4 Å². The molecule has 0 N–H and O–H groups in total. The van der Waals surface area contributed by atoms with Crippen LogP contribution in [0.1, 0.15) is 12.8 Å². The number of amides is 1. The van der Waals surface area contributed by atoms with Crippen LogP contribution in [0.5, 0.6) is 0 Å². The summed E-state index contributed by atoms with van der Waals surface area (Å²) < 4.78 is 12.0. The van der Waals surface area contributed by atoms with Crippen molar-refractivity contribution in [1.29, 1.82) is 0 Å². The van der Waals surface area contributed by atoms with Crippen molar-refractivity contribution in [3.05, 3.63) is 30.6 Å². The molecule has 1 aliphatic carbocycles. The van der Waals surface area contributed by atoms with Gasteiger partial charge in [-0.05, 0) is 18.9 Å². The molecule has 2 aliphatic heterocycles. The zero-order valence-electron chi connectivity index (χ0n) is 14.3. The maximum Gasteiger partial charge on any atom is 0.226 e. The summed E-state index contributed by atoms with van der Waals surface area (Å²) in [5, 5.41) is 0. The number of allylic oxidation sites excluding steroid dienone is 2. The van der Waals surface area contributed by atoms with Gasteiger partial charge in [-0.1, -0.05) is 12.2 Å². The summed E-state index contributed by atoms with van der Waals surface area (Å²) in [5.74, 6) is 1.01. The van der Waals surface area contributed by atoms with Crippen molar-refractivity contribution >= 4 is 11.9 Å². The van der Waals surface area contributed by atoms with E-state index in [0.717, 1.165) is 19.4 Å². The van der Waals surface area contributed by atoms with Gasteiger partial charge in [0.25, 0.3) is 0 Å². The second-order valence-electron chi connectivity index (χ2n) is 6.95. The van der Waals surface area contributed by atoms with Gasteiger partial charge in [0.2, 0.25) is 11.9 Å². The molecule has 1 spiro atoms. The average Bonchev–Trinajstić information content (AvgIpc) is 3.12. The Labute approximate surface area is 147 Å². The molecule has 0 aromatic carbocycles. The molecule has 1 unspecified atom stereocenters. The molecule has 0 saturated carbocycles. The highest BCUT2D eigenvalue weighted by Gasteiger charge is 2.43. The van der Waals surface area contributed by atoms with Crippen LogP contribution in [-0.2, 0) is 14.3 Å². The number of carbonyl (C=O) groups is 1. The highest BCUT2D eigenvalue weighted by Crippen LogP contribution is 2.27. The van der Waals surface area contributed by atoms with Crippen LogP contribution >= 0.6 is 0 Å². The molecular formula is C18H24N4O3. The maximum absolute atomic E-state index is 12.8. The molecule has 2 saturated heterocycles. The first-order chi connectivity index (χ1) is 12.3. The number of morpholine rings is 1. The number of hydrogen-bond donors (Lipinski definition) is 0. The lowest BCUT2D eigenvalue weighted by molar-refractivity contribution is -0.160. The second kappa shape index (κ2) is 7.09. The number of hydrogen-bond acceptors (Lipinski definition) is 6. The second-order valence-corrected chi connectivity index (χ2v) is 6.95. The Bertz CT molecular complexity index is 630. The first-order valence-corrected chi connectivity index (χ1v) is 8.93. The number of aromatic nitrogens is 2. The minimum Gasteiger partial charge on any atom is -0.376 e. The predicted molar refractivity (Wildman–Crippen MR) is 92.2 cm³/mol. The van der Waals surface area contributed by atoms with Gasteiger partial charge in [-0.2, -0.15) is 0 Å². The van der Waals surface area contributed by atoms with E-state index < -0.39 is 5.60 Å². The average molecular weight is 344 g/mol. The summed E-state index contributed by atoms with van der Waals surface area (Å²) in [5.41, 5.74) is -0.518. The van der Waals surface area contributed by atoms with E-state index in [-0.39, 0.29) is 11.8 Å². The summed E-state index contributed by atoms with van der Waals surface area (Å²) in [6.45, 7) is 4.19. The summed E-state index contributed by atoms with van der Waals surface area (Å²) in [7, 11) is 0. The molecule has 1 aromatic rings. The minimum absolute atomic E-state index is 0.0930. The molecule has 134 valence electrons. The van der Waals surface area contributed by atoms with Gasteiger partial charge >= 0.3 is 0 Å². The Morgan fingerprint density at radius 2 is 1.92 bits per heavy atom. The fraction of sp³-hybridized carbons (Fsp3) is 0.611. The van der Waals surface area contributed by atoms with E-state index >= 15 is 0 Å². The van der Waals surface area contributed by atoms with Gasteiger partial charge in [-0.25, -0.2) is 9.97 Å². The predicted octanol–water partition coefficient (Wildman–Crippen LogP) is 0.877. The molecule has 7 heteroatoms. The topological polar surface area (TPSA) is 67.8 Å². The van der Waals surface area contributed by atoms with Gasteiger partial charge in [0.1, 0.15) is 5.60 Å². The Morgan fingerprint density at radius 1 is 1.12 bits per heavy atom.